The highest BCUT2D eigenvalue weighted by molar-refractivity contribution is 6.01. The van der Waals surface area contributed by atoms with Crippen molar-refractivity contribution in [2.24, 2.45) is 5.10 Å². The molecule has 248 valence electrons. The van der Waals surface area contributed by atoms with Crippen LogP contribution in [0.5, 0.6) is 23.0 Å². The van der Waals surface area contributed by atoms with Crippen molar-refractivity contribution < 1.29 is 48.1 Å². The molecule has 2 aromatic carbocycles. The van der Waals surface area contributed by atoms with Crippen molar-refractivity contribution in [1.29, 1.82) is 0 Å². The summed E-state index contributed by atoms with van der Waals surface area (Å²) in [5.41, 5.74) is 1.22. The van der Waals surface area contributed by atoms with Gasteiger partial charge in [-0.05, 0) is 63.6 Å². The van der Waals surface area contributed by atoms with Gasteiger partial charge in [0.25, 0.3) is 0 Å². The molecular formula is C33H35N3O11. The van der Waals surface area contributed by atoms with E-state index in [1.807, 2.05) is 38.1 Å². The van der Waals surface area contributed by atoms with Gasteiger partial charge in [-0.25, -0.2) is 4.79 Å². The molecule has 3 aliphatic rings. The number of aliphatic hydroxyl groups excluding tert-OH is 1. The first kappa shape index (κ1) is 33.0. The predicted octanol–water partition coefficient (Wildman–Crippen LogP) is 5.06. The maximum atomic E-state index is 13.1. The minimum Gasteiger partial charge on any atom is -0.507 e. The summed E-state index contributed by atoms with van der Waals surface area (Å²) in [5.74, 6) is 1.20. The van der Waals surface area contributed by atoms with Crippen LogP contribution >= 0.6 is 0 Å². The number of nitro groups is 1. The lowest BCUT2D eigenvalue weighted by molar-refractivity contribution is -0.402. The fraction of sp³-hybridized carbons (Fsp3) is 0.364. The predicted molar refractivity (Wildman–Crippen MR) is 168 cm³/mol. The van der Waals surface area contributed by atoms with Gasteiger partial charge in [0, 0.05) is 24.5 Å². The first-order chi connectivity index (χ1) is 22.2. The molecule has 0 saturated carbocycles. The van der Waals surface area contributed by atoms with E-state index >= 15 is 0 Å². The number of fused-ring (bicyclic) bond motifs is 2. The number of ketones is 1. The van der Waals surface area contributed by atoms with Gasteiger partial charge in [-0.3, -0.25) is 14.9 Å². The number of ether oxygens (including phenoxy) is 4. The number of methoxy groups -OCH3 is 1. The Kier molecular flexibility index (Phi) is 8.98. The monoisotopic (exact) mass is 649 g/mol. The number of phenols is 1. The highest BCUT2D eigenvalue weighted by Gasteiger charge is 2.36. The second kappa shape index (κ2) is 12.8. The third-order valence-corrected chi connectivity index (χ3v) is 7.74. The fourth-order valence-corrected chi connectivity index (χ4v) is 5.15. The molecule has 0 aliphatic carbocycles. The van der Waals surface area contributed by atoms with E-state index in [-0.39, 0.29) is 41.8 Å². The molecular weight excluding hydrogens is 614 g/mol. The van der Waals surface area contributed by atoms with Crippen molar-refractivity contribution in [2.45, 2.75) is 57.8 Å². The van der Waals surface area contributed by atoms with Gasteiger partial charge in [0.05, 0.1) is 43.2 Å². The number of benzene rings is 2. The van der Waals surface area contributed by atoms with E-state index in [2.05, 4.69) is 9.84 Å². The molecule has 47 heavy (non-hydrogen) atoms. The number of aromatic hydroxyl groups is 1. The Bertz CT molecular complexity index is 1770. The number of hydrogen-bond acceptors (Lipinski definition) is 12. The quantitative estimate of drug-likeness (QED) is 0.151. The average Bonchev–Trinajstić information content (AvgIpc) is 3.65. The Hall–Kier alpha value is -5.37. The van der Waals surface area contributed by atoms with Crippen molar-refractivity contribution in [1.82, 2.24) is 5.01 Å². The van der Waals surface area contributed by atoms with Crippen LogP contribution in [-0.4, -0.2) is 75.8 Å². The summed E-state index contributed by atoms with van der Waals surface area (Å²) >= 11 is 0. The number of hydrazone groups is 1. The van der Waals surface area contributed by atoms with Crippen molar-refractivity contribution >= 4 is 30.1 Å². The zero-order chi connectivity index (χ0) is 34.1. The van der Waals surface area contributed by atoms with E-state index < -0.39 is 28.3 Å². The molecule has 1 fully saturated rings. The first-order valence-corrected chi connectivity index (χ1v) is 14.7. The molecule has 3 aliphatic heterocycles. The number of Topliss-reactive ketones (excluding diaryl/α,β-unsaturated/α-hetero) is 1. The molecule has 14 heteroatoms. The minimum atomic E-state index is -0.758. The molecule has 4 heterocycles. The molecule has 0 bridgehead atoms. The molecule has 1 saturated heterocycles. The molecule has 1 aromatic heterocycles. The molecule has 14 nitrogen and oxygen atoms in total. The summed E-state index contributed by atoms with van der Waals surface area (Å²) in [4.78, 5) is 33.7. The summed E-state index contributed by atoms with van der Waals surface area (Å²) < 4.78 is 26.9. The SMILES string of the molecule is COc1c(CC(=O)c2cc3c(cc2O)OC(C)(C)C(O)C3)ccc2c1C=CC(C)(C)O2.O=C1OCCN1N=Cc1ccc([N+](=O)[O-])o1. The number of rotatable bonds is 7. The van der Waals surface area contributed by atoms with Crippen LogP contribution < -0.4 is 14.2 Å². The molecule has 1 amide bonds. The fourth-order valence-electron chi connectivity index (χ4n) is 5.15. The number of aliphatic hydroxyl groups is 1. The van der Waals surface area contributed by atoms with Crippen LogP contribution in [0.4, 0.5) is 10.7 Å². The second-order valence-corrected chi connectivity index (χ2v) is 12.1. The Balaban J connectivity index is 0.000000227. The van der Waals surface area contributed by atoms with E-state index in [9.17, 15) is 29.9 Å². The van der Waals surface area contributed by atoms with Crippen LogP contribution in [0, 0.1) is 10.1 Å². The molecule has 1 atom stereocenters. The van der Waals surface area contributed by atoms with Crippen LogP contribution in [-0.2, 0) is 17.6 Å². The van der Waals surface area contributed by atoms with Crippen molar-refractivity contribution in [2.75, 3.05) is 20.3 Å². The van der Waals surface area contributed by atoms with Crippen molar-refractivity contribution in [3.63, 3.8) is 0 Å². The number of carbonyl (C=O) groups is 2. The smallest absolute Gasteiger partial charge is 0.433 e. The van der Waals surface area contributed by atoms with Crippen LogP contribution in [0.1, 0.15) is 60.5 Å². The lowest BCUT2D eigenvalue weighted by atomic mass is 9.89. The Morgan fingerprint density at radius 3 is 2.60 bits per heavy atom. The molecule has 6 rings (SSSR count). The van der Waals surface area contributed by atoms with Crippen LogP contribution in [0.2, 0.25) is 0 Å². The standard InChI is InChI=1S/C25H28O6.C8H7N3O5/c1-24(2)9-8-16-20(30-24)7-6-14(23(16)29-5)11-18(26)17-10-15-12-22(28)25(3,4)31-21(15)13-19(17)27;12-8-10(3-4-15-8)9-5-6-1-2-7(16-6)11(13)14/h6-10,13,22,27-28H,11-12H2,1-5H3;1-2,5H,3-4H2. The van der Waals surface area contributed by atoms with Gasteiger partial charge in [-0.15, -0.1) is 0 Å². The van der Waals surface area contributed by atoms with Crippen molar-refractivity contribution in [3.8, 4) is 23.0 Å². The summed E-state index contributed by atoms with van der Waals surface area (Å²) in [6.45, 7) is 8.16. The number of hydrogen-bond donors (Lipinski definition) is 2. The van der Waals surface area contributed by atoms with Gasteiger partial charge in [-0.1, -0.05) is 6.07 Å². The van der Waals surface area contributed by atoms with E-state index in [4.69, 9.17) is 18.6 Å². The lowest BCUT2D eigenvalue weighted by Crippen LogP contribution is -2.46. The second-order valence-electron chi connectivity index (χ2n) is 12.1. The maximum Gasteiger partial charge on any atom is 0.433 e. The third kappa shape index (κ3) is 7.22. The Morgan fingerprint density at radius 1 is 1.17 bits per heavy atom. The van der Waals surface area contributed by atoms with E-state index in [1.165, 1.54) is 24.4 Å². The summed E-state index contributed by atoms with van der Waals surface area (Å²) in [5, 5.41) is 36.0. The first-order valence-electron chi connectivity index (χ1n) is 14.7. The van der Waals surface area contributed by atoms with Crippen molar-refractivity contribution in [3.05, 3.63) is 80.6 Å². The highest BCUT2D eigenvalue weighted by atomic mass is 16.6. The zero-order valence-electron chi connectivity index (χ0n) is 26.5. The third-order valence-electron chi connectivity index (χ3n) is 7.74. The minimum absolute atomic E-state index is 0.0505. The van der Waals surface area contributed by atoms with Gasteiger partial charge in [0.15, 0.2) is 11.5 Å². The molecule has 0 radical (unpaired) electrons. The van der Waals surface area contributed by atoms with E-state index in [1.54, 1.807) is 27.0 Å². The van der Waals surface area contributed by atoms with E-state index in [0.29, 0.717) is 41.3 Å². The number of phenolic OH excluding ortho intramolecular Hbond substituents is 1. The van der Waals surface area contributed by atoms with Crippen LogP contribution in [0.15, 0.2) is 52.0 Å². The molecule has 0 spiro atoms. The number of amides is 1. The number of cyclic esters (lactones) is 1. The summed E-state index contributed by atoms with van der Waals surface area (Å²) in [7, 11) is 1.56. The summed E-state index contributed by atoms with van der Waals surface area (Å²) in [6, 6.07) is 9.33. The van der Waals surface area contributed by atoms with Gasteiger partial charge < -0.3 is 33.6 Å². The molecule has 1 unspecified atom stereocenters. The number of furan rings is 1. The van der Waals surface area contributed by atoms with Gasteiger partial charge in [0.1, 0.15) is 45.7 Å². The van der Waals surface area contributed by atoms with Gasteiger partial charge in [-0.2, -0.15) is 10.1 Å². The Morgan fingerprint density at radius 2 is 1.94 bits per heavy atom. The molecule has 3 aromatic rings. The Labute approximate surface area is 269 Å². The maximum absolute atomic E-state index is 13.1. The summed E-state index contributed by atoms with van der Waals surface area (Å²) in [6.07, 6.45) is 4.27. The molecule has 2 N–H and O–H groups in total. The van der Waals surface area contributed by atoms with Gasteiger partial charge in [0.2, 0.25) is 0 Å². The topological polar surface area (TPSA) is 183 Å². The van der Waals surface area contributed by atoms with Gasteiger partial charge >= 0.3 is 12.0 Å². The average molecular weight is 650 g/mol. The largest absolute Gasteiger partial charge is 0.507 e. The highest BCUT2D eigenvalue weighted by Crippen LogP contribution is 2.41. The number of carbonyl (C=O) groups excluding carboxylic acids is 2. The van der Waals surface area contributed by atoms with E-state index in [0.717, 1.165) is 10.6 Å². The van der Waals surface area contributed by atoms with Crippen LogP contribution in [0.3, 0.4) is 0 Å². The lowest BCUT2D eigenvalue weighted by Gasteiger charge is -2.37. The normalized spacial score (nSPS) is 18.6. The zero-order valence-corrected chi connectivity index (χ0v) is 26.5. The van der Waals surface area contributed by atoms with Crippen LogP contribution in [0.25, 0.3) is 6.08 Å². The number of nitrogens with zero attached hydrogens (tertiary/aromatic N) is 3.